The first-order chi connectivity index (χ1) is 10.1. The van der Waals surface area contributed by atoms with E-state index in [2.05, 4.69) is 10.3 Å². The molecule has 0 unspecified atom stereocenters. The molecule has 2 aromatic rings. The molecule has 0 radical (unpaired) electrons. The van der Waals surface area contributed by atoms with Crippen LogP contribution in [0.2, 0.25) is 0 Å². The zero-order valence-corrected chi connectivity index (χ0v) is 11.5. The molecule has 6 heteroatoms. The number of anilines is 1. The lowest BCUT2D eigenvalue weighted by Gasteiger charge is -2.10. The molecule has 0 aliphatic heterocycles. The van der Waals surface area contributed by atoms with Gasteiger partial charge in [0.1, 0.15) is 0 Å². The van der Waals surface area contributed by atoms with Crippen LogP contribution in [0.25, 0.3) is 0 Å². The third-order valence-corrected chi connectivity index (χ3v) is 3.06. The zero-order valence-electron chi connectivity index (χ0n) is 11.5. The molecule has 0 aliphatic rings. The summed E-state index contributed by atoms with van der Waals surface area (Å²) >= 11 is 0. The first-order valence-corrected chi connectivity index (χ1v) is 6.70. The van der Waals surface area contributed by atoms with Crippen LogP contribution < -0.4 is 5.32 Å². The third-order valence-electron chi connectivity index (χ3n) is 3.06. The van der Waals surface area contributed by atoms with Crippen LogP contribution in [0, 0.1) is 0 Å². The minimum Gasteiger partial charge on any atom is -0.481 e. The van der Waals surface area contributed by atoms with Gasteiger partial charge < -0.3 is 15.0 Å². The molecule has 1 heterocycles. The first-order valence-electron chi connectivity index (χ1n) is 6.70. The van der Waals surface area contributed by atoms with E-state index in [1.807, 2.05) is 22.8 Å². The monoisotopic (exact) mass is 287 g/mol. The maximum absolute atomic E-state index is 11.9. The molecule has 0 bridgehead atoms. The van der Waals surface area contributed by atoms with Gasteiger partial charge in [0, 0.05) is 37.5 Å². The van der Waals surface area contributed by atoms with E-state index in [0.717, 1.165) is 5.56 Å². The van der Waals surface area contributed by atoms with Gasteiger partial charge in [-0.2, -0.15) is 0 Å². The molecule has 21 heavy (non-hydrogen) atoms. The number of carbonyl (C=O) groups excluding carboxylic acids is 1. The Balaban J connectivity index is 1.92. The number of hydrogen-bond donors (Lipinski definition) is 2. The van der Waals surface area contributed by atoms with Gasteiger partial charge in [-0.05, 0) is 18.1 Å². The van der Waals surface area contributed by atoms with Gasteiger partial charge in [-0.3, -0.25) is 9.59 Å². The van der Waals surface area contributed by atoms with Crippen LogP contribution in [0.1, 0.15) is 18.4 Å². The van der Waals surface area contributed by atoms with Crippen LogP contribution in [0.3, 0.4) is 0 Å². The average molecular weight is 287 g/mol. The Bertz CT molecular complexity index is 608. The topological polar surface area (TPSA) is 84.2 Å². The van der Waals surface area contributed by atoms with Gasteiger partial charge in [0.2, 0.25) is 5.91 Å². The third kappa shape index (κ3) is 4.76. The molecule has 2 N–H and O–H groups in total. The van der Waals surface area contributed by atoms with Crippen molar-refractivity contribution in [2.75, 3.05) is 5.32 Å². The summed E-state index contributed by atoms with van der Waals surface area (Å²) in [6.07, 6.45) is 5.90. The van der Waals surface area contributed by atoms with E-state index < -0.39 is 5.97 Å². The second-order valence-corrected chi connectivity index (χ2v) is 4.65. The SMILES string of the molecule is O=C(O)CCc1ccccc1NC(=O)CCn1ccnc1. The highest BCUT2D eigenvalue weighted by molar-refractivity contribution is 5.91. The molecule has 0 aliphatic carbocycles. The highest BCUT2D eigenvalue weighted by atomic mass is 16.4. The Hall–Kier alpha value is -2.63. The number of nitrogens with one attached hydrogen (secondary N) is 1. The fraction of sp³-hybridized carbons (Fsp3) is 0.267. The summed E-state index contributed by atoms with van der Waals surface area (Å²) < 4.78 is 1.83. The Morgan fingerprint density at radius 3 is 2.76 bits per heavy atom. The summed E-state index contributed by atoms with van der Waals surface area (Å²) in [5, 5.41) is 11.6. The molecule has 0 saturated heterocycles. The summed E-state index contributed by atoms with van der Waals surface area (Å²) in [4.78, 5) is 26.5. The molecule has 110 valence electrons. The Morgan fingerprint density at radius 1 is 1.24 bits per heavy atom. The number of aromatic nitrogens is 2. The van der Waals surface area contributed by atoms with Gasteiger partial charge in [-0.15, -0.1) is 0 Å². The highest BCUT2D eigenvalue weighted by Crippen LogP contribution is 2.17. The molecule has 1 aromatic carbocycles. The van der Waals surface area contributed by atoms with Crippen molar-refractivity contribution in [3.63, 3.8) is 0 Å². The molecule has 0 spiro atoms. The Morgan fingerprint density at radius 2 is 2.05 bits per heavy atom. The van der Waals surface area contributed by atoms with Crippen LogP contribution in [0.15, 0.2) is 43.0 Å². The van der Waals surface area contributed by atoms with E-state index in [0.29, 0.717) is 25.1 Å². The predicted molar refractivity (Wildman–Crippen MR) is 77.9 cm³/mol. The smallest absolute Gasteiger partial charge is 0.303 e. The van der Waals surface area contributed by atoms with Crippen LogP contribution in [0.5, 0.6) is 0 Å². The number of rotatable bonds is 7. The molecule has 1 amide bonds. The number of amides is 1. The standard InChI is InChI=1S/C15H17N3O3/c19-14(7-9-18-10-8-16-11-18)17-13-4-2-1-3-12(13)5-6-15(20)21/h1-4,8,10-11H,5-7,9H2,(H,17,19)(H,20,21). The number of para-hydroxylation sites is 1. The molecule has 0 saturated carbocycles. The lowest BCUT2D eigenvalue weighted by atomic mass is 10.1. The number of carboxylic acids is 1. The first kappa shape index (κ1) is 14.8. The number of aliphatic carboxylic acids is 1. The minimum absolute atomic E-state index is 0.0436. The minimum atomic E-state index is -0.851. The Labute approximate surface area is 122 Å². The number of hydrogen-bond acceptors (Lipinski definition) is 3. The van der Waals surface area contributed by atoms with E-state index in [-0.39, 0.29) is 12.3 Å². The largest absolute Gasteiger partial charge is 0.481 e. The molecule has 0 atom stereocenters. The summed E-state index contributed by atoms with van der Waals surface area (Å²) in [7, 11) is 0. The van der Waals surface area contributed by atoms with E-state index in [4.69, 9.17) is 5.11 Å². The maximum atomic E-state index is 11.9. The second kappa shape index (κ2) is 7.23. The maximum Gasteiger partial charge on any atom is 0.303 e. The van der Waals surface area contributed by atoms with Crippen molar-refractivity contribution >= 4 is 17.6 Å². The van der Waals surface area contributed by atoms with Crippen molar-refractivity contribution in [2.24, 2.45) is 0 Å². The van der Waals surface area contributed by atoms with Crippen LogP contribution in [-0.2, 0) is 22.6 Å². The molecular formula is C15H17N3O3. The normalized spacial score (nSPS) is 10.3. The highest BCUT2D eigenvalue weighted by Gasteiger charge is 2.08. The summed E-state index contributed by atoms with van der Waals surface area (Å²) in [6, 6.07) is 7.26. The summed E-state index contributed by atoms with van der Waals surface area (Å²) in [5.74, 6) is -0.956. The van der Waals surface area contributed by atoms with Crippen LogP contribution >= 0.6 is 0 Å². The van der Waals surface area contributed by atoms with E-state index >= 15 is 0 Å². The molecule has 1 aromatic heterocycles. The van der Waals surface area contributed by atoms with Gasteiger partial charge in [0.05, 0.1) is 6.33 Å². The fourth-order valence-corrected chi connectivity index (χ4v) is 1.96. The second-order valence-electron chi connectivity index (χ2n) is 4.65. The van der Waals surface area contributed by atoms with E-state index in [1.165, 1.54) is 0 Å². The van der Waals surface area contributed by atoms with Crippen molar-refractivity contribution in [1.29, 1.82) is 0 Å². The van der Waals surface area contributed by atoms with Gasteiger partial charge >= 0.3 is 5.97 Å². The van der Waals surface area contributed by atoms with Crippen molar-refractivity contribution in [1.82, 2.24) is 9.55 Å². The van der Waals surface area contributed by atoms with Crippen molar-refractivity contribution in [2.45, 2.75) is 25.8 Å². The van der Waals surface area contributed by atoms with Crippen LogP contribution in [-0.4, -0.2) is 26.5 Å². The number of carboxylic acid groups (broad SMARTS) is 1. The fourth-order valence-electron chi connectivity index (χ4n) is 1.96. The van der Waals surface area contributed by atoms with Crippen molar-refractivity contribution < 1.29 is 14.7 Å². The summed E-state index contributed by atoms with van der Waals surface area (Å²) in [5.41, 5.74) is 1.50. The average Bonchev–Trinajstić information content (AvgIpc) is 2.97. The van der Waals surface area contributed by atoms with E-state index in [1.54, 1.807) is 24.8 Å². The lowest BCUT2D eigenvalue weighted by Crippen LogP contribution is -2.15. The number of benzene rings is 1. The van der Waals surface area contributed by atoms with Crippen molar-refractivity contribution in [3.8, 4) is 0 Å². The predicted octanol–water partition coefficient (Wildman–Crippen LogP) is 1.93. The number of aryl methyl sites for hydroxylation is 2. The summed E-state index contributed by atoms with van der Waals surface area (Å²) in [6.45, 7) is 0.559. The zero-order chi connectivity index (χ0) is 15.1. The van der Waals surface area contributed by atoms with Gasteiger partial charge in [-0.1, -0.05) is 18.2 Å². The van der Waals surface area contributed by atoms with Gasteiger partial charge in [0.15, 0.2) is 0 Å². The number of imidazole rings is 1. The number of nitrogens with zero attached hydrogens (tertiary/aromatic N) is 2. The number of carbonyl (C=O) groups is 2. The van der Waals surface area contributed by atoms with Gasteiger partial charge in [-0.25, -0.2) is 4.98 Å². The molecule has 2 rings (SSSR count). The lowest BCUT2D eigenvalue weighted by molar-refractivity contribution is -0.136. The molecule has 0 fully saturated rings. The van der Waals surface area contributed by atoms with Gasteiger partial charge in [0.25, 0.3) is 0 Å². The van der Waals surface area contributed by atoms with Crippen LogP contribution in [0.4, 0.5) is 5.69 Å². The molecule has 6 nitrogen and oxygen atoms in total. The van der Waals surface area contributed by atoms with E-state index in [9.17, 15) is 9.59 Å². The quantitative estimate of drug-likeness (QED) is 0.815. The Kier molecular flexibility index (Phi) is 5.09. The molecular weight excluding hydrogens is 270 g/mol. The van der Waals surface area contributed by atoms with Crippen molar-refractivity contribution in [3.05, 3.63) is 48.5 Å².